The Bertz CT molecular complexity index is 474. The van der Waals surface area contributed by atoms with Crippen LogP contribution < -0.4 is 0 Å². The topological polar surface area (TPSA) is 40.5 Å². The van der Waals surface area contributed by atoms with Crippen molar-refractivity contribution in [1.29, 1.82) is 0 Å². The van der Waals surface area contributed by atoms with E-state index >= 15 is 0 Å². The van der Waals surface area contributed by atoms with Crippen molar-refractivity contribution in [3.8, 4) is 0 Å². The number of carbonyl (C=O) groups is 1. The molecule has 1 heterocycles. The molecule has 0 radical (unpaired) electrons. The van der Waals surface area contributed by atoms with Gasteiger partial charge >= 0.3 is 5.97 Å². The first-order valence-corrected chi connectivity index (χ1v) is 6.26. The lowest BCUT2D eigenvalue weighted by atomic mass is 10.0. The molecule has 3 heteroatoms. The lowest BCUT2D eigenvalue weighted by Crippen LogP contribution is -2.30. The van der Waals surface area contributed by atoms with Crippen LogP contribution in [0.25, 0.3) is 0 Å². The Morgan fingerprint density at radius 3 is 2.44 bits per heavy atom. The predicted molar refractivity (Wildman–Crippen MR) is 71.7 cm³/mol. The predicted octanol–water partition coefficient (Wildman–Crippen LogP) is 2.93. The molecule has 0 fully saturated rings. The zero-order valence-corrected chi connectivity index (χ0v) is 10.9. The Morgan fingerprint density at radius 2 is 1.89 bits per heavy atom. The van der Waals surface area contributed by atoms with Gasteiger partial charge in [-0.25, -0.2) is 4.79 Å². The summed E-state index contributed by atoms with van der Waals surface area (Å²) in [5.74, 6) is -0.867. The van der Waals surface area contributed by atoms with Crippen LogP contribution in [0.2, 0.25) is 0 Å². The minimum atomic E-state index is -0.867. The molecule has 1 aliphatic rings. The van der Waals surface area contributed by atoms with Crippen molar-refractivity contribution in [3.63, 3.8) is 0 Å². The lowest BCUT2D eigenvalue weighted by Gasteiger charge is -2.28. The largest absolute Gasteiger partial charge is 0.478 e. The molecule has 0 unspecified atom stereocenters. The zero-order chi connectivity index (χ0) is 13.1. The molecule has 0 aromatic heterocycles. The molecule has 1 aromatic rings. The molecule has 0 spiro atoms. The second-order valence-corrected chi connectivity index (χ2v) is 5.02. The van der Waals surface area contributed by atoms with Gasteiger partial charge in [0.1, 0.15) is 0 Å². The molecule has 0 saturated carbocycles. The summed E-state index contributed by atoms with van der Waals surface area (Å²) in [6.07, 6.45) is 1.14. The fourth-order valence-electron chi connectivity index (χ4n) is 2.23. The van der Waals surface area contributed by atoms with Crippen LogP contribution in [-0.4, -0.2) is 29.1 Å². The van der Waals surface area contributed by atoms with Crippen LogP contribution in [0.1, 0.15) is 36.2 Å². The molecule has 3 nitrogen and oxygen atoms in total. The third-order valence-electron chi connectivity index (χ3n) is 3.60. The van der Waals surface area contributed by atoms with Gasteiger partial charge in [-0.1, -0.05) is 23.3 Å². The highest BCUT2D eigenvalue weighted by molar-refractivity contribution is 5.87. The van der Waals surface area contributed by atoms with Crippen molar-refractivity contribution >= 4 is 5.97 Å². The molecule has 18 heavy (non-hydrogen) atoms. The number of hydrogen-bond acceptors (Lipinski definition) is 2. The van der Waals surface area contributed by atoms with E-state index < -0.39 is 5.97 Å². The Kier molecular flexibility index (Phi) is 3.82. The fourth-order valence-corrected chi connectivity index (χ4v) is 2.23. The van der Waals surface area contributed by atoms with Gasteiger partial charge < -0.3 is 5.11 Å². The van der Waals surface area contributed by atoms with Crippen LogP contribution in [0.4, 0.5) is 0 Å². The van der Waals surface area contributed by atoms with Gasteiger partial charge in [0.2, 0.25) is 0 Å². The summed E-state index contributed by atoms with van der Waals surface area (Å²) in [6, 6.07) is 7.17. The molecule has 0 aliphatic carbocycles. The Morgan fingerprint density at radius 1 is 1.22 bits per heavy atom. The summed E-state index contributed by atoms with van der Waals surface area (Å²) in [7, 11) is 0. The lowest BCUT2D eigenvalue weighted by molar-refractivity contribution is 0.0697. The minimum absolute atomic E-state index is 0.351. The molecular formula is C15H19NO2. The normalized spacial score (nSPS) is 17.0. The third-order valence-corrected chi connectivity index (χ3v) is 3.60. The molecule has 2 rings (SSSR count). The molecule has 1 aromatic carbocycles. The molecule has 96 valence electrons. The monoisotopic (exact) mass is 245 g/mol. The summed E-state index contributed by atoms with van der Waals surface area (Å²) in [5, 5.41) is 8.84. The van der Waals surface area contributed by atoms with Crippen molar-refractivity contribution in [2.45, 2.75) is 26.8 Å². The second kappa shape index (κ2) is 5.36. The second-order valence-electron chi connectivity index (χ2n) is 5.02. The highest BCUT2D eigenvalue weighted by Crippen LogP contribution is 2.18. The zero-order valence-electron chi connectivity index (χ0n) is 10.9. The van der Waals surface area contributed by atoms with Gasteiger partial charge in [-0.05, 0) is 38.0 Å². The van der Waals surface area contributed by atoms with Gasteiger partial charge in [0, 0.05) is 19.6 Å². The SMILES string of the molecule is CC1=C(C)CN(Cc2ccc(C(=O)O)cc2)CC1. The van der Waals surface area contributed by atoms with Crippen LogP contribution in [0.5, 0.6) is 0 Å². The van der Waals surface area contributed by atoms with Gasteiger partial charge in [-0.3, -0.25) is 4.90 Å². The Balaban J connectivity index is 2.00. The highest BCUT2D eigenvalue weighted by atomic mass is 16.4. The van der Waals surface area contributed by atoms with E-state index in [-0.39, 0.29) is 0 Å². The van der Waals surface area contributed by atoms with E-state index in [0.717, 1.165) is 26.1 Å². The van der Waals surface area contributed by atoms with Gasteiger partial charge in [-0.2, -0.15) is 0 Å². The average Bonchev–Trinajstić information content (AvgIpc) is 2.34. The van der Waals surface area contributed by atoms with E-state index in [1.807, 2.05) is 12.1 Å². The van der Waals surface area contributed by atoms with Crippen LogP contribution in [-0.2, 0) is 6.54 Å². The van der Waals surface area contributed by atoms with Gasteiger partial charge in [0.15, 0.2) is 0 Å². The van der Waals surface area contributed by atoms with Gasteiger partial charge in [0.25, 0.3) is 0 Å². The van der Waals surface area contributed by atoms with Gasteiger partial charge in [0.05, 0.1) is 5.56 Å². The van der Waals surface area contributed by atoms with Gasteiger partial charge in [-0.15, -0.1) is 0 Å². The number of hydrogen-bond donors (Lipinski definition) is 1. The summed E-state index contributed by atoms with van der Waals surface area (Å²) in [4.78, 5) is 13.2. The van der Waals surface area contributed by atoms with E-state index in [0.29, 0.717) is 5.56 Å². The van der Waals surface area contributed by atoms with Crippen molar-refractivity contribution in [2.24, 2.45) is 0 Å². The summed E-state index contributed by atoms with van der Waals surface area (Å²) >= 11 is 0. The number of carboxylic acid groups (broad SMARTS) is 1. The molecule has 1 N–H and O–H groups in total. The molecule has 0 amide bonds. The minimum Gasteiger partial charge on any atom is -0.478 e. The van der Waals surface area contributed by atoms with Crippen molar-refractivity contribution < 1.29 is 9.90 Å². The van der Waals surface area contributed by atoms with Crippen molar-refractivity contribution in [2.75, 3.05) is 13.1 Å². The fraction of sp³-hybridized carbons (Fsp3) is 0.400. The number of benzene rings is 1. The first kappa shape index (κ1) is 12.8. The quantitative estimate of drug-likeness (QED) is 0.832. The van der Waals surface area contributed by atoms with E-state index in [9.17, 15) is 4.79 Å². The maximum Gasteiger partial charge on any atom is 0.335 e. The van der Waals surface area contributed by atoms with E-state index in [1.54, 1.807) is 12.1 Å². The summed E-state index contributed by atoms with van der Waals surface area (Å²) in [5.41, 5.74) is 4.49. The van der Waals surface area contributed by atoms with Crippen molar-refractivity contribution in [1.82, 2.24) is 4.90 Å². The van der Waals surface area contributed by atoms with Crippen LogP contribution in [0, 0.1) is 0 Å². The van der Waals surface area contributed by atoms with Crippen LogP contribution in [0.3, 0.4) is 0 Å². The van der Waals surface area contributed by atoms with Crippen molar-refractivity contribution in [3.05, 3.63) is 46.5 Å². The molecule has 0 atom stereocenters. The number of carboxylic acids is 1. The van der Waals surface area contributed by atoms with E-state index in [2.05, 4.69) is 18.7 Å². The van der Waals surface area contributed by atoms with Crippen LogP contribution in [0.15, 0.2) is 35.4 Å². The maximum absolute atomic E-state index is 10.8. The molecule has 0 bridgehead atoms. The Hall–Kier alpha value is -1.61. The average molecular weight is 245 g/mol. The molecular weight excluding hydrogens is 226 g/mol. The Labute approximate surface area is 108 Å². The van der Waals surface area contributed by atoms with E-state index in [4.69, 9.17) is 5.11 Å². The first-order valence-electron chi connectivity index (χ1n) is 6.26. The molecule has 1 aliphatic heterocycles. The third kappa shape index (κ3) is 2.99. The van der Waals surface area contributed by atoms with E-state index in [1.165, 1.54) is 16.7 Å². The molecule has 0 saturated heterocycles. The standard InChI is InChI=1S/C15H19NO2/c1-11-7-8-16(9-12(11)2)10-13-3-5-14(6-4-13)15(17)18/h3-6H,7-10H2,1-2H3,(H,17,18). The number of rotatable bonds is 3. The number of nitrogens with zero attached hydrogens (tertiary/aromatic N) is 1. The highest BCUT2D eigenvalue weighted by Gasteiger charge is 2.14. The summed E-state index contributed by atoms with van der Waals surface area (Å²) in [6.45, 7) is 7.39. The number of aromatic carboxylic acids is 1. The maximum atomic E-state index is 10.8. The first-order chi connectivity index (χ1) is 8.56. The smallest absolute Gasteiger partial charge is 0.335 e. The van der Waals surface area contributed by atoms with Crippen LogP contribution >= 0.6 is 0 Å². The summed E-state index contributed by atoms with van der Waals surface area (Å²) < 4.78 is 0.